The number of aromatic amines is 1. The van der Waals surface area contributed by atoms with Crippen LogP contribution in [0.2, 0.25) is 0 Å². The molecular formula is C10H13N5O. The number of H-pyrrole nitrogens is 1. The molecule has 6 heteroatoms. The van der Waals surface area contributed by atoms with Gasteiger partial charge < -0.3 is 9.47 Å². The van der Waals surface area contributed by atoms with Crippen molar-refractivity contribution < 1.29 is 4.79 Å². The minimum absolute atomic E-state index is 0.0956. The van der Waals surface area contributed by atoms with Crippen LogP contribution in [-0.4, -0.2) is 37.6 Å². The van der Waals surface area contributed by atoms with Crippen LogP contribution in [0.1, 0.15) is 16.1 Å². The molecular weight excluding hydrogens is 206 g/mol. The topological polar surface area (TPSA) is 66.8 Å². The number of aryl methyl sites for hydroxylation is 1. The van der Waals surface area contributed by atoms with E-state index in [4.69, 9.17) is 0 Å². The fourth-order valence-electron chi connectivity index (χ4n) is 1.43. The van der Waals surface area contributed by atoms with Crippen LogP contribution in [0, 0.1) is 0 Å². The highest BCUT2D eigenvalue weighted by Gasteiger charge is 2.14. The number of carbonyl (C=O) groups is 1. The maximum absolute atomic E-state index is 11.9. The van der Waals surface area contributed by atoms with E-state index in [0.717, 1.165) is 5.56 Å². The highest BCUT2D eigenvalue weighted by atomic mass is 16.2. The number of carbonyl (C=O) groups excluding carboxylic acids is 1. The SMILES string of the molecule is CN(Cc1cn[nH]c1)C(=O)c1cn(C)cn1. The van der Waals surface area contributed by atoms with E-state index in [9.17, 15) is 4.79 Å². The molecule has 2 aromatic rings. The van der Waals surface area contributed by atoms with E-state index in [1.807, 2.05) is 7.05 Å². The smallest absolute Gasteiger partial charge is 0.274 e. The Morgan fingerprint density at radius 2 is 2.44 bits per heavy atom. The summed E-state index contributed by atoms with van der Waals surface area (Å²) in [5.74, 6) is -0.0956. The third-order valence-corrected chi connectivity index (χ3v) is 2.25. The zero-order chi connectivity index (χ0) is 11.5. The Morgan fingerprint density at radius 3 is 3.00 bits per heavy atom. The fraction of sp³-hybridized carbons (Fsp3) is 0.300. The summed E-state index contributed by atoms with van der Waals surface area (Å²) in [5.41, 5.74) is 1.42. The molecule has 0 radical (unpaired) electrons. The number of hydrogen-bond donors (Lipinski definition) is 1. The van der Waals surface area contributed by atoms with Gasteiger partial charge in [-0.1, -0.05) is 0 Å². The minimum atomic E-state index is -0.0956. The minimum Gasteiger partial charge on any atom is -0.340 e. The summed E-state index contributed by atoms with van der Waals surface area (Å²) >= 11 is 0. The lowest BCUT2D eigenvalue weighted by Gasteiger charge is -2.14. The Kier molecular flexibility index (Phi) is 2.72. The standard InChI is InChI=1S/C10H13N5O/c1-14-6-9(11-7-14)10(16)15(2)5-8-3-12-13-4-8/h3-4,6-7H,5H2,1-2H3,(H,12,13). The molecule has 0 spiro atoms. The maximum atomic E-state index is 11.9. The van der Waals surface area contributed by atoms with E-state index in [1.165, 1.54) is 0 Å². The molecule has 1 N–H and O–H groups in total. The van der Waals surface area contributed by atoms with Crippen LogP contribution < -0.4 is 0 Å². The van der Waals surface area contributed by atoms with Gasteiger partial charge in [0.05, 0.1) is 12.5 Å². The summed E-state index contributed by atoms with van der Waals surface area (Å²) in [5, 5.41) is 6.54. The lowest BCUT2D eigenvalue weighted by Crippen LogP contribution is -2.26. The van der Waals surface area contributed by atoms with Crippen molar-refractivity contribution in [3.63, 3.8) is 0 Å². The van der Waals surface area contributed by atoms with E-state index in [0.29, 0.717) is 12.2 Å². The van der Waals surface area contributed by atoms with Crippen LogP contribution in [-0.2, 0) is 13.6 Å². The Hall–Kier alpha value is -2.11. The van der Waals surface area contributed by atoms with Gasteiger partial charge in [-0.2, -0.15) is 5.10 Å². The van der Waals surface area contributed by atoms with Gasteiger partial charge in [-0.05, 0) is 0 Å². The molecule has 0 atom stereocenters. The first-order valence-electron chi connectivity index (χ1n) is 4.88. The fourth-order valence-corrected chi connectivity index (χ4v) is 1.43. The molecule has 84 valence electrons. The van der Waals surface area contributed by atoms with Gasteiger partial charge in [-0.3, -0.25) is 9.89 Å². The molecule has 0 fully saturated rings. The molecule has 2 aromatic heterocycles. The van der Waals surface area contributed by atoms with E-state index in [-0.39, 0.29) is 5.91 Å². The Morgan fingerprint density at radius 1 is 1.62 bits per heavy atom. The number of amides is 1. The van der Waals surface area contributed by atoms with Crippen molar-refractivity contribution in [2.24, 2.45) is 7.05 Å². The molecule has 16 heavy (non-hydrogen) atoms. The average molecular weight is 219 g/mol. The van der Waals surface area contributed by atoms with Crippen LogP contribution in [0.15, 0.2) is 24.9 Å². The highest BCUT2D eigenvalue weighted by molar-refractivity contribution is 5.91. The molecule has 0 aliphatic rings. The van der Waals surface area contributed by atoms with Gasteiger partial charge in [0.2, 0.25) is 0 Å². The van der Waals surface area contributed by atoms with E-state index in [2.05, 4.69) is 15.2 Å². The first kappa shape index (κ1) is 10.4. The van der Waals surface area contributed by atoms with Crippen LogP contribution in [0.4, 0.5) is 0 Å². The lowest BCUT2D eigenvalue weighted by atomic mass is 10.3. The Balaban J connectivity index is 2.05. The first-order chi connectivity index (χ1) is 7.66. The predicted molar refractivity (Wildman–Crippen MR) is 57.6 cm³/mol. The summed E-state index contributed by atoms with van der Waals surface area (Å²) in [6.07, 6.45) is 6.78. The summed E-state index contributed by atoms with van der Waals surface area (Å²) in [6, 6.07) is 0. The van der Waals surface area contributed by atoms with Crippen molar-refractivity contribution in [3.05, 3.63) is 36.2 Å². The van der Waals surface area contributed by atoms with Crippen molar-refractivity contribution >= 4 is 5.91 Å². The lowest BCUT2D eigenvalue weighted by molar-refractivity contribution is 0.0780. The van der Waals surface area contributed by atoms with E-state index < -0.39 is 0 Å². The molecule has 1 amide bonds. The van der Waals surface area contributed by atoms with Crippen molar-refractivity contribution in [1.82, 2.24) is 24.6 Å². The third-order valence-electron chi connectivity index (χ3n) is 2.25. The molecule has 0 saturated heterocycles. The molecule has 0 bridgehead atoms. The highest BCUT2D eigenvalue weighted by Crippen LogP contribution is 2.04. The van der Waals surface area contributed by atoms with E-state index in [1.54, 1.807) is 41.4 Å². The molecule has 0 aliphatic heterocycles. The maximum Gasteiger partial charge on any atom is 0.274 e. The zero-order valence-electron chi connectivity index (χ0n) is 9.21. The van der Waals surface area contributed by atoms with Crippen LogP contribution in [0.3, 0.4) is 0 Å². The average Bonchev–Trinajstić information content (AvgIpc) is 2.88. The monoisotopic (exact) mass is 219 g/mol. The van der Waals surface area contributed by atoms with Crippen LogP contribution in [0.5, 0.6) is 0 Å². The number of hydrogen-bond acceptors (Lipinski definition) is 3. The molecule has 6 nitrogen and oxygen atoms in total. The third kappa shape index (κ3) is 2.10. The van der Waals surface area contributed by atoms with Gasteiger partial charge in [-0.25, -0.2) is 4.98 Å². The van der Waals surface area contributed by atoms with Gasteiger partial charge >= 0.3 is 0 Å². The van der Waals surface area contributed by atoms with Gasteiger partial charge in [0.1, 0.15) is 5.69 Å². The number of nitrogens with one attached hydrogen (secondary N) is 1. The Bertz CT molecular complexity index is 473. The molecule has 0 aromatic carbocycles. The second-order valence-electron chi connectivity index (χ2n) is 3.69. The number of rotatable bonds is 3. The summed E-state index contributed by atoms with van der Waals surface area (Å²) in [4.78, 5) is 17.5. The van der Waals surface area contributed by atoms with Crippen LogP contribution in [0.25, 0.3) is 0 Å². The van der Waals surface area contributed by atoms with Crippen molar-refractivity contribution in [2.45, 2.75) is 6.54 Å². The zero-order valence-corrected chi connectivity index (χ0v) is 9.21. The molecule has 2 rings (SSSR count). The molecule has 0 aliphatic carbocycles. The van der Waals surface area contributed by atoms with Crippen LogP contribution >= 0.6 is 0 Å². The van der Waals surface area contributed by atoms with Gasteiger partial charge in [0.25, 0.3) is 5.91 Å². The largest absolute Gasteiger partial charge is 0.340 e. The van der Waals surface area contributed by atoms with Gasteiger partial charge in [0.15, 0.2) is 0 Å². The van der Waals surface area contributed by atoms with Crippen molar-refractivity contribution in [3.8, 4) is 0 Å². The van der Waals surface area contributed by atoms with E-state index >= 15 is 0 Å². The van der Waals surface area contributed by atoms with Gasteiger partial charge in [-0.15, -0.1) is 0 Å². The first-order valence-corrected chi connectivity index (χ1v) is 4.88. The summed E-state index contributed by atoms with van der Waals surface area (Å²) < 4.78 is 1.75. The molecule has 0 unspecified atom stereocenters. The normalized spacial score (nSPS) is 10.4. The summed E-state index contributed by atoms with van der Waals surface area (Å²) in [7, 11) is 3.57. The second kappa shape index (κ2) is 4.18. The number of imidazole rings is 1. The van der Waals surface area contributed by atoms with Crippen molar-refractivity contribution in [1.29, 1.82) is 0 Å². The Labute approximate surface area is 92.9 Å². The van der Waals surface area contributed by atoms with Crippen molar-refractivity contribution in [2.75, 3.05) is 7.05 Å². The second-order valence-corrected chi connectivity index (χ2v) is 3.69. The van der Waals surface area contributed by atoms with Gasteiger partial charge in [0, 0.05) is 38.6 Å². The summed E-state index contributed by atoms with van der Waals surface area (Å²) in [6.45, 7) is 0.520. The number of nitrogens with zero attached hydrogens (tertiary/aromatic N) is 4. The number of aromatic nitrogens is 4. The predicted octanol–water partition coefficient (Wildman–Crippen LogP) is 0.415. The quantitative estimate of drug-likeness (QED) is 0.813. The molecule has 0 saturated carbocycles. The molecule has 2 heterocycles.